The molecule has 4 nitrogen and oxygen atoms in total. The number of amides is 1. The molecule has 1 aliphatic heterocycles. The van der Waals surface area contributed by atoms with Gasteiger partial charge in [-0.15, -0.1) is 0 Å². The van der Waals surface area contributed by atoms with Gasteiger partial charge in [-0.05, 0) is 34.0 Å². The highest BCUT2D eigenvalue weighted by Gasteiger charge is 2.32. The quantitative estimate of drug-likeness (QED) is 0.904. The highest BCUT2D eigenvalue weighted by atomic mass is 79.9. The molecular formula is C11H14BrN3O. The number of hydrogen-bond donors (Lipinski definition) is 1. The molecule has 86 valence electrons. The number of pyridine rings is 1. The number of anilines is 1. The van der Waals surface area contributed by atoms with E-state index in [9.17, 15) is 4.79 Å². The van der Waals surface area contributed by atoms with E-state index < -0.39 is 0 Å². The topological polar surface area (TPSA) is 45.2 Å². The lowest BCUT2D eigenvalue weighted by molar-refractivity contribution is -0.117. The Morgan fingerprint density at radius 1 is 1.56 bits per heavy atom. The minimum Gasteiger partial charge on any atom is -0.273 e. The zero-order valence-corrected chi connectivity index (χ0v) is 10.9. The molecule has 2 rings (SSSR count). The first-order chi connectivity index (χ1) is 7.58. The van der Waals surface area contributed by atoms with Crippen LogP contribution in [0.25, 0.3) is 0 Å². The maximum absolute atomic E-state index is 11.8. The molecular weight excluding hydrogens is 270 g/mol. The Balaban J connectivity index is 2.16. The second-order valence-corrected chi connectivity index (χ2v) is 5.16. The van der Waals surface area contributed by atoms with Crippen LogP contribution in [0.2, 0.25) is 0 Å². The van der Waals surface area contributed by atoms with Gasteiger partial charge >= 0.3 is 0 Å². The van der Waals surface area contributed by atoms with Crippen LogP contribution < -0.4 is 10.4 Å². The summed E-state index contributed by atoms with van der Waals surface area (Å²) in [5.41, 5.74) is 3.18. The third kappa shape index (κ3) is 2.25. The summed E-state index contributed by atoms with van der Waals surface area (Å²) in [5.74, 6) is 1.16. The van der Waals surface area contributed by atoms with E-state index in [1.54, 1.807) is 6.20 Å². The van der Waals surface area contributed by atoms with Crippen molar-refractivity contribution in [2.75, 3.05) is 5.01 Å². The molecule has 0 radical (unpaired) electrons. The minimum atomic E-state index is 0.0773. The van der Waals surface area contributed by atoms with Crippen molar-refractivity contribution in [3.8, 4) is 0 Å². The summed E-state index contributed by atoms with van der Waals surface area (Å²) in [4.78, 5) is 16.0. The largest absolute Gasteiger partial charge is 0.273 e. The number of nitrogens with zero attached hydrogens (tertiary/aromatic N) is 2. The first kappa shape index (κ1) is 11.5. The Morgan fingerprint density at radius 3 is 2.81 bits per heavy atom. The van der Waals surface area contributed by atoms with Gasteiger partial charge in [0, 0.05) is 23.1 Å². The van der Waals surface area contributed by atoms with Crippen molar-refractivity contribution in [1.29, 1.82) is 0 Å². The average molecular weight is 284 g/mol. The Labute approximate surface area is 103 Å². The van der Waals surface area contributed by atoms with Gasteiger partial charge in [-0.25, -0.2) is 15.4 Å². The number of aromatic nitrogens is 1. The van der Waals surface area contributed by atoms with Gasteiger partial charge in [0.15, 0.2) is 0 Å². The third-order valence-corrected chi connectivity index (χ3v) is 3.15. The molecule has 1 aromatic rings. The standard InChI is InChI=1S/C11H14BrN3O/c1-7(2)9-5-11(16)15(14-9)10-4-3-8(12)6-13-10/h3-4,6-7,9,14H,5H2,1-2H3/t9-/m1/s1. The number of carbonyl (C=O) groups is 1. The molecule has 0 aliphatic carbocycles. The maximum Gasteiger partial charge on any atom is 0.244 e. The van der Waals surface area contributed by atoms with E-state index in [1.807, 2.05) is 12.1 Å². The molecule has 16 heavy (non-hydrogen) atoms. The molecule has 0 aromatic carbocycles. The number of rotatable bonds is 2. The smallest absolute Gasteiger partial charge is 0.244 e. The molecule has 1 N–H and O–H groups in total. The van der Waals surface area contributed by atoms with Crippen molar-refractivity contribution in [3.05, 3.63) is 22.8 Å². The fourth-order valence-corrected chi connectivity index (χ4v) is 1.88. The SMILES string of the molecule is CC(C)[C@H]1CC(=O)N(c2ccc(Br)cn2)N1. The second-order valence-electron chi connectivity index (χ2n) is 4.25. The van der Waals surface area contributed by atoms with Gasteiger partial charge in [0.1, 0.15) is 5.82 Å². The van der Waals surface area contributed by atoms with E-state index in [1.165, 1.54) is 5.01 Å². The van der Waals surface area contributed by atoms with Crippen LogP contribution in [0.4, 0.5) is 5.82 Å². The zero-order valence-electron chi connectivity index (χ0n) is 9.27. The highest BCUT2D eigenvalue weighted by Crippen LogP contribution is 2.21. The average Bonchev–Trinajstić information content (AvgIpc) is 2.62. The number of nitrogens with one attached hydrogen (secondary N) is 1. The number of hydrogen-bond acceptors (Lipinski definition) is 3. The fourth-order valence-electron chi connectivity index (χ4n) is 1.64. The molecule has 0 spiro atoms. The van der Waals surface area contributed by atoms with Crippen molar-refractivity contribution in [2.45, 2.75) is 26.3 Å². The molecule has 0 unspecified atom stereocenters. The van der Waals surface area contributed by atoms with Gasteiger partial charge in [0.25, 0.3) is 0 Å². The highest BCUT2D eigenvalue weighted by molar-refractivity contribution is 9.10. The lowest BCUT2D eigenvalue weighted by Crippen LogP contribution is -2.39. The van der Waals surface area contributed by atoms with Crippen molar-refractivity contribution < 1.29 is 4.79 Å². The summed E-state index contributed by atoms with van der Waals surface area (Å²) in [7, 11) is 0. The number of carbonyl (C=O) groups excluding carboxylic acids is 1. The van der Waals surface area contributed by atoms with Gasteiger partial charge in [-0.2, -0.15) is 0 Å². The molecule has 0 bridgehead atoms. The summed E-state index contributed by atoms with van der Waals surface area (Å²) in [6, 6.07) is 3.90. The first-order valence-corrected chi connectivity index (χ1v) is 6.08. The second kappa shape index (κ2) is 4.51. The van der Waals surface area contributed by atoms with Crippen LogP contribution in [0.1, 0.15) is 20.3 Å². The van der Waals surface area contributed by atoms with Crippen LogP contribution in [0.15, 0.2) is 22.8 Å². The summed E-state index contributed by atoms with van der Waals surface area (Å²) in [6.07, 6.45) is 2.22. The van der Waals surface area contributed by atoms with Gasteiger partial charge in [-0.3, -0.25) is 4.79 Å². The Bertz CT molecular complexity index is 391. The maximum atomic E-state index is 11.8. The van der Waals surface area contributed by atoms with Gasteiger partial charge in [0.2, 0.25) is 5.91 Å². The van der Waals surface area contributed by atoms with Gasteiger partial charge in [-0.1, -0.05) is 13.8 Å². The predicted molar refractivity (Wildman–Crippen MR) is 65.8 cm³/mol. The van der Waals surface area contributed by atoms with Crippen LogP contribution in [-0.2, 0) is 4.79 Å². The van der Waals surface area contributed by atoms with Crippen LogP contribution >= 0.6 is 15.9 Å². The number of hydrazine groups is 1. The molecule has 1 fully saturated rings. The molecule has 1 aromatic heterocycles. The van der Waals surface area contributed by atoms with Gasteiger partial charge in [0.05, 0.1) is 0 Å². The lowest BCUT2D eigenvalue weighted by atomic mass is 10.0. The van der Waals surface area contributed by atoms with Crippen molar-refractivity contribution in [3.63, 3.8) is 0 Å². The lowest BCUT2D eigenvalue weighted by Gasteiger charge is -2.18. The zero-order chi connectivity index (χ0) is 11.7. The first-order valence-electron chi connectivity index (χ1n) is 5.28. The van der Waals surface area contributed by atoms with Crippen molar-refractivity contribution >= 4 is 27.7 Å². The van der Waals surface area contributed by atoms with E-state index in [-0.39, 0.29) is 11.9 Å². The molecule has 1 amide bonds. The molecule has 1 saturated heterocycles. The summed E-state index contributed by atoms with van der Waals surface area (Å²) in [6.45, 7) is 4.20. The van der Waals surface area contributed by atoms with Crippen LogP contribution in [0, 0.1) is 5.92 Å². The normalized spacial score (nSPS) is 20.9. The van der Waals surface area contributed by atoms with Crippen LogP contribution in [0.5, 0.6) is 0 Å². The molecule has 0 saturated carbocycles. The van der Waals surface area contributed by atoms with Crippen molar-refractivity contribution in [1.82, 2.24) is 10.4 Å². The van der Waals surface area contributed by atoms with E-state index in [0.29, 0.717) is 18.2 Å². The third-order valence-electron chi connectivity index (χ3n) is 2.68. The Hall–Kier alpha value is -0.940. The van der Waals surface area contributed by atoms with Crippen molar-refractivity contribution in [2.24, 2.45) is 5.92 Å². The molecule has 1 atom stereocenters. The Morgan fingerprint density at radius 2 is 2.31 bits per heavy atom. The van der Waals surface area contributed by atoms with E-state index in [2.05, 4.69) is 40.2 Å². The fraction of sp³-hybridized carbons (Fsp3) is 0.455. The van der Waals surface area contributed by atoms with E-state index in [4.69, 9.17) is 0 Å². The summed E-state index contributed by atoms with van der Waals surface area (Å²) in [5, 5.41) is 1.54. The Kier molecular flexibility index (Phi) is 3.25. The molecule has 1 aliphatic rings. The summed E-state index contributed by atoms with van der Waals surface area (Å²) >= 11 is 3.32. The van der Waals surface area contributed by atoms with Crippen LogP contribution in [0.3, 0.4) is 0 Å². The minimum absolute atomic E-state index is 0.0773. The molecule has 2 heterocycles. The van der Waals surface area contributed by atoms with Crippen LogP contribution in [-0.4, -0.2) is 16.9 Å². The van der Waals surface area contributed by atoms with E-state index in [0.717, 1.165) is 4.47 Å². The van der Waals surface area contributed by atoms with Gasteiger partial charge < -0.3 is 0 Å². The molecule has 5 heteroatoms. The summed E-state index contributed by atoms with van der Waals surface area (Å²) < 4.78 is 0.906. The predicted octanol–water partition coefficient (Wildman–Crippen LogP) is 2.11. The number of halogens is 1. The van der Waals surface area contributed by atoms with E-state index >= 15 is 0 Å². The monoisotopic (exact) mass is 283 g/mol.